The molecule has 0 radical (unpaired) electrons. The highest BCUT2D eigenvalue weighted by atomic mass is 16.5. The number of methoxy groups -OCH3 is 1. The van der Waals surface area contributed by atoms with Gasteiger partial charge in [0, 0.05) is 25.2 Å². The molecule has 0 saturated heterocycles. The number of carbonyl (C=O) groups is 2. The first-order chi connectivity index (χ1) is 15.2. The van der Waals surface area contributed by atoms with Crippen LogP contribution in [0.25, 0.3) is 0 Å². The van der Waals surface area contributed by atoms with E-state index in [0.29, 0.717) is 41.2 Å². The van der Waals surface area contributed by atoms with E-state index in [2.05, 4.69) is 9.88 Å². The Morgan fingerprint density at radius 2 is 1.94 bits per heavy atom. The zero-order valence-corrected chi connectivity index (χ0v) is 18.9. The van der Waals surface area contributed by atoms with Gasteiger partial charge in [0.25, 0.3) is 0 Å². The third-order valence-corrected chi connectivity index (χ3v) is 6.23. The molecule has 2 N–H and O–H groups in total. The summed E-state index contributed by atoms with van der Waals surface area (Å²) in [5, 5.41) is 0. The van der Waals surface area contributed by atoms with Crippen LogP contribution in [0.1, 0.15) is 49.9 Å². The maximum absolute atomic E-state index is 13.1. The van der Waals surface area contributed by atoms with Gasteiger partial charge in [0.15, 0.2) is 17.3 Å². The minimum atomic E-state index is -0.563. The van der Waals surface area contributed by atoms with Crippen molar-refractivity contribution in [1.82, 2.24) is 9.97 Å². The first-order valence-electron chi connectivity index (χ1n) is 10.8. The number of fused-ring (bicyclic) bond motifs is 1. The normalized spacial score (nSPS) is 18.3. The van der Waals surface area contributed by atoms with Crippen molar-refractivity contribution in [2.75, 3.05) is 30.5 Å². The van der Waals surface area contributed by atoms with Crippen LogP contribution in [-0.4, -0.2) is 48.5 Å². The molecule has 2 heterocycles. The van der Waals surface area contributed by atoms with Gasteiger partial charge >= 0.3 is 6.01 Å². The second kappa shape index (κ2) is 8.29. The van der Waals surface area contributed by atoms with E-state index < -0.39 is 11.3 Å². The topological polar surface area (TPSA) is 111 Å². The second-order valence-corrected chi connectivity index (χ2v) is 9.01. The Balaban J connectivity index is 1.74. The molecular weight excluding hydrogens is 410 g/mol. The minimum absolute atomic E-state index is 0.0280. The molecule has 2 aliphatic rings. The number of anilines is 2. The molecule has 32 heavy (non-hydrogen) atoms. The van der Waals surface area contributed by atoms with Gasteiger partial charge in [0.1, 0.15) is 5.69 Å². The number of nitrogens with two attached hydrogens (primary N) is 1. The van der Waals surface area contributed by atoms with E-state index in [1.54, 1.807) is 30.3 Å². The Morgan fingerprint density at radius 3 is 2.59 bits per heavy atom. The van der Waals surface area contributed by atoms with E-state index in [4.69, 9.17) is 20.2 Å². The van der Waals surface area contributed by atoms with Crippen molar-refractivity contribution in [1.29, 1.82) is 0 Å². The van der Waals surface area contributed by atoms with E-state index in [0.717, 1.165) is 12.8 Å². The number of ether oxygens (including phenoxy) is 2. The van der Waals surface area contributed by atoms with Crippen molar-refractivity contribution < 1.29 is 19.1 Å². The first-order valence-corrected chi connectivity index (χ1v) is 10.8. The standard InChI is InChI=1S/C23H29N5O4/c1-23(2)13-28(15-7-5-6-8-15)20-16(27(3)21(23)30)12-25-22(26-20)32-17-10-9-14(19(24)29)11-18(17)31-4/h9-12,15H,5-8,13H2,1-4H3,(H2,24,29). The molecule has 1 aliphatic carbocycles. The lowest BCUT2D eigenvalue weighted by Gasteiger charge is -2.34. The average Bonchev–Trinajstić information content (AvgIpc) is 3.29. The molecule has 0 unspecified atom stereocenters. The van der Waals surface area contributed by atoms with Crippen LogP contribution in [0.15, 0.2) is 24.4 Å². The summed E-state index contributed by atoms with van der Waals surface area (Å²) >= 11 is 0. The fourth-order valence-electron chi connectivity index (χ4n) is 4.50. The van der Waals surface area contributed by atoms with Crippen molar-refractivity contribution in [3.8, 4) is 17.5 Å². The van der Waals surface area contributed by atoms with Crippen LogP contribution in [0.3, 0.4) is 0 Å². The summed E-state index contributed by atoms with van der Waals surface area (Å²) in [4.78, 5) is 37.5. The van der Waals surface area contributed by atoms with Crippen LogP contribution in [0, 0.1) is 5.41 Å². The number of aromatic nitrogens is 2. The number of amides is 2. The largest absolute Gasteiger partial charge is 0.493 e. The van der Waals surface area contributed by atoms with Crippen LogP contribution in [0.2, 0.25) is 0 Å². The first kappa shape index (κ1) is 21.9. The van der Waals surface area contributed by atoms with Gasteiger partial charge in [-0.05, 0) is 44.9 Å². The molecule has 1 aromatic heterocycles. The van der Waals surface area contributed by atoms with E-state index in [1.807, 2.05) is 13.8 Å². The Hall–Kier alpha value is -3.36. The number of hydrogen-bond donors (Lipinski definition) is 1. The maximum atomic E-state index is 13.1. The zero-order chi connectivity index (χ0) is 23.0. The summed E-state index contributed by atoms with van der Waals surface area (Å²) in [5.74, 6) is 0.874. The highest BCUT2D eigenvalue weighted by molar-refractivity contribution is 6.00. The van der Waals surface area contributed by atoms with Gasteiger partial charge in [-0.3, -0.25) is 9.59 Å². The highest BCUT2D eigenvalue weighted by Gasteiger charge is 2.41. The van der Waals surface area contributed by atoms with Gasteiger partial charge in [-0.1, -0.05) is 12.8 Å². The van der Waals surface area contributed by atoms with Crippen molar-refractivity contribution in [2.45, 2.75) is 45.6 Å². The summed E-state index contributed by atoms with van der Waals surface area (Å²) in [6.45, 7) is 4.51. The molecule has 1 saturated carbocycles. The summed E-state index contributed by atoms with van der Waals surface area (Å²) < 4.78 is 11.3. The minimum Gasteiger partial charge on any atom is -0.493 e. The average molecular weight is 440 g/mol. The SMILES string of the molecule is COc1cc(C(N)=O)ccc1Oc1ncc2c(n1)N(C1CCCC1)CC(C)(C)C(=O)N2C. The van der Waals surface area contributed by atoms with Crippen LogP contribution in [0.4, 0.5) is 11.5 Å². The number of nitrogens with zero attached hydrogens (tertiary/aromatic N) is 4. The number of rotatable bonds is 5. The molecule has 2 amide bonds. The number of carbonyl (C=O) groups excluding carboxylic acids is 2. The molecule has 0 spiro atoms. The predicted molar refractivity (Wildman–Crippen MR) is 120 cm³/mol. The fraction of sp³-hybridized carbons (Fsp3) is 0.478. The van der Waals surface area contributed by atoms with Crippen LogP contribution in [-0.2, 0) is 4.79 Å². The Morgan fingerprint density at radius 1 is 1.22 bits per heavy atom. The second-order valence-electron chi connectivity index (χ2n) is 9.01. The molecule has 1 fully saturated rings. The molecular formula is C23H29N5O4. The number of benzene rings is 1. The molecule has 0 atom stereocenters. The van der Waals surface area contributed by atoms with E-state index in [9.17, 15) is 9.59 Å². The summed E-state index contributed by atoms with van der Waals surface area (Å²) in [6.07, 6.45) is 6.09. The molecule has 9 heteroatoms. The maximum Gasteiger partial charge on any atom is 0.324 e. The smallest absolute Gasteiger partial charge is 0.324 e. The van der Waals surface area contributed by atoms with Crippen molar-refractivity contribution in [3.63, 3.8) is 0 Å². The molecule has 4 rings (SSSR count). The molecule has 170 valence electrons. The summed E-state index contributed by atoms with van der Waals surface area (Å²) in [6, 6.07) is 5.13. The Kier molecular flexibility index (Phi) is 5.66. The lowest BCUT2D eigenvalue weighted by atomic mass is 9.91. The van der Waals surface area contributed by atoms with E-state index >= 15 is 0 Å². The quantitative estimate of drug-likeness (QED) is 0.762. The lowest BCUT2D eigenvalue weighted by molar-refractivity contribution is -0.125. The lowest BCUT2D eigenvalue weighted by Crippen LogP contribution is -2.45. The van der Waals surface area contributed by atoms with E-state index in [1.165, 1.54) is 26.0 Å². The van der Waals surface area contributed by atoms with Gasteiger partial charge < -0.3 is 25.0 Å². The van der Waals surface area contributed by atoms with Gasteiger partial charge in [-0.15, -0.1) is 0 Å². The van der Waals surface area contributed by atoms with Crippen LogP contribution < -0.4 is 25.0 Å². The summed E-state index contributed by atoms with van der Waals surface area (Å²) in [5.41, 5.74) is 5.77. The monoisotopic (exact) mass is 439 g/mol. The van der Waals surface area contributed by atoms with E-state index in [-0.39, 0.29) is 11.9 Å². The van der Waals surface area contributed by atoms with Gasteiger partial charge in [-0.2, -0.15) is 4.98 Å². The molecule has 1 aliphatic heterocycles. The third kappa shape index (κ3) is 3.94. The zero-order valence-electron chi connectivity index (χ0n) is 18.9. The fourth-order valence-corrected chi connectivity index (χ4v) is 4.50. The van der Waals surface area contributed by atoms with Crippen molar-refractivity contribution >= 4 is 23.3 Å². The summed E-state index contributed by atoms with van der Waals surface area (Å²) in [7, 11) is 3.24. The van der Waals surface area contributed by atoms with Crippen molar-refractivity contribution in [3.05, 3.63) is 30.0 Å². The molecule has 0 bridgehead atoms. The predicted octanol–water partition coefficient (Wildman–Crippen LogP) is 3.13. The van der Waals surface area contributed by atoms with Crippen molar-refractivity contribution in [2.24, 2.45) is 11.1 Å². The molecule has 2 aromatic rings. The highest BCUT2D eigenvalue weighted by Crippen LogP contribution is 2.41. The van der Waals surface area contributed by atoms with Gasteiger partial charge in [-0.25, -0.2) is 4.98 Å². The van der Waals surface area contributed by atoms with Gasteiger partial charge in [0.2, 0.25) is 11.8 Å². The number of hydrogen-bond acceptors (Lipinski definition) is 7. The third-order valence-electron chi connectivity index (χ3n) is 6.23. The number of primary amides is 1. The van der Waals surface area contributed by atoms with Crippen LogP contribution in [0.5, 0.6) is 17.5 Å². The molecule has 1 aromatic carbocycles. The Labute approximate surface area is 187 Å². The van der Waals surface area contributed by atoms with Gasteiger partial charge in [0.05, 0.1) is 18.7 Å². The Bertz CT molecular complexity index is 1050. The molecule has 9 nitrogen and oxygen atoms in total. The van der Waals surface area contributed by atoms with Crippen LogP contribution >= 0.6 is 0 Å².